The van der Waals surface area contributed by atoms with Crippen molar-refractivity contribution >= 4 is 46.6 Å². The molecule has 1 saturated heterocycles. The summed E-state index contributed by atoms with van der Waals surface area (Å²) >= 11 is 8.08. The summed E-state index contributed by atoms with van der Waals surface area (Å²) in [5.74, 6) is 0.511. The second-order valence-corrected chi connectivity index (χ2v) is 12.9. The molecule has 1 fully saturated rings. The number of nitrogens with zero attached hydrogens (tertiary/aromatic N) is 2. The fraction of sp³-hybridized carbons (Fsp3) is 0.353. The number of carbonyl (C=O) groups is 2. The number of fused-ring (bicyclic) bond motifs is 2. The minimum absolute atomic E-state index is 0.0913. The van der Waals surface area contributed by atoms with E-state index in [-0.39, 0.29) is 24.3 Å². The minimum atomic E-state index is -0.414. The molecule has 3 aliphatic rings. The number of likely N-dealkylation sites (tertiary alicyclic amines) is 1. The van der Waals surface area contributed by atoms with Crippen molar-refractivity contribution in [2.75, 3.05) is 42.1 Å². The van der Waals surface area contributed by atoms with Crippen molar-refractivity contribution < 1.29 is 14.0 Å². The Morgan fingerprint density at radius 3 is 2.67 bits per heavy atom. The Labute approximate surface area is 261 Å². The molecular weight excluding hydrogens is 583 g/mol. The number of halogens is 2. The van der Waals surface area contributed by atoms with Gasteiger partial charge in [0.2, 0.25) is 5.91 Å². The first kappa shape index (κ1) is 29.7. The SMILES string of the molecule is O=C(NCCN1CCC(Cc2ccccc2)CC1)c1ccc2c(c1)N(Cc1cc(F)ccc1Cl)C(=O)[C@@H]1CCSC=C1N2. The van der Waals surface area contributed by atoms with E-state index < -0.39 is 5.82 Å². The van der Waals surface area contributed by atoms with E-state index in [9.17, 15) is 14.0 Å². The molecule has 43 heavy (non-hydrogen) atoms. The van der Waals surface area contributed by atoms with Crippen LogP contribution in [0.2, 0.25) is 5.02 Å². The summed E-state index contributed by atoms with van der Waals surface area (Å²) in [6.07, 6.45) is 4.15. The van der Waals surface area contributed by atoms with Crippen LogP contribution in [0.15, 0.2) is 77.8 Å². The lowest BCUT2D eigenvalue weighted by molar-refractivity contribution is -0.121. The third kappa shape index (κ3) is 7.08. The Hall–Kier alpha value is -3.33. The molecular formula is C34H36ClFN4O2S. The fourth-order valence-electron chi connectivity index (χ4n) is 6.20. The van der Waals surface area contributed by atoms with Gasteiger partial charge in [-0.1, -0.05) is 41.9 Å². The average molecular weight is 619 g/mol. The van der Waals surface area contributed by atoms with Crippen LogP contribution in [0, 0.1) is 17.7 Å². The maximum Gasteiger partial charge on any atom is 0.251 e. The molecule has 6 rings (SSSR count). The van der Waals surface area contributed by atoms with Crippen LogP contribution < -0.4 is 15.5 Å². The zero-order valence-electron chi connectivity index (χ0n) is 24.0. The lowest BCUT2D eigenvalue weighted by Gasteiger charge is -2.32. The van der Waals surface area contributed by atoms with Crippen LogP contribution in [0.5, 0.6) is 0 Å². The largest absolute Gasteiger partial charge is 0.356 e. The Morgan fingerprint density at radius 2 is 1.86 bits per heavy atom. The van der Waals surface area contributed by atoms with E-state index in [1.165, 1.54) is 23.8 Å². The quantitative estimate of drug-likeness (QED) is 0.294. The predicted molar refractivity (Wildman–Crippen MR) is 173 cm³/mol. The number of hydrogen-bond donors (Lipinski definition) is 2. The van der Waals surface area contributed by atoms with Crippen LogP contribution in [0.1, 0.15) is 40.7 Å². The van der Waals surface area contributed by atoms with Crippen LogP contribution in [0.3, 0.4) is 0 Å². The number of piperidine rings is 1. The van der Waals surface area contributed by atoms with E-state index >= 15 is 0 Å². The highest BCUT2D eigenvalue weighted by Crippen LogP contribution is 2.40. The lowest BCUT2D eigenvalue weighted by Crippen LogP contribution is -2.40. The molecule has 0 saturated carbocycles. The van der Waals surface area contributed by atoms with Gasteiger partial charge in [-0.05, 0) is 103 Å². The molecule has 6 nitrogen and oxygen atoms in total. The van der Waals surface area contributed by atoms with Crippen LogP contribution >= 0.6 is 23.4 Å². The second-order valence-electron chi connectivity index (χ2n) is 11.5. The Morgan fingerprint density at radius 1 is 1.05 bits per heavy atom. The first-order chi connectivity index (χ1) is 20.9. The molecule has 2 N–H and O–H groups in total. The zero-order chi connectivity index (χ0) is 29.8. The zero-order valence-corrected chi connectivity index (χ0v) is 25.6. The van der Waals surface area contributed by atoms with E-state index in [1.54, 1.807) is 28.8 Å². The smallest absolute Gasteiger partial charge is 0.251 e. The third-order valence-electron chi connectivity index (χ3n) is 8.63. The van der Waals surface area contributed by atoms with Gasteiger partial charge in [-0.3, -0.25) is 9.59 Å². The second kappa shape index (κ2) is 13.5. The summed E-state index contributed by atoms with van der Waals surface area (Å²) in [4.78, 5) is 31.2. The third-order valence-corrected chi connectivity index (χ3v) is 9.89. The van der Waals surface area contributed by atoms with Crippen LogP contribution in [-0.2, 0) is 17.8 Å². The van der Waals surface area contributed by atoms with Crippen LogP contribution in [-0.4, -0.2) is 48.6 Å². The molecule has 0 aliphatic carbocycles. The minimum Gasteiger partial charge on any atom is -0.356 e. The summed E-state index contributed by atoms with van der Waals surface area (Å²) in [6.45, 7) is 3.52. The summed E-state index contributed by atoms with van der Waals surface area (Å²) in [6, 6.07) is 20.2. The number of hydrogen-bond acceptors (Lipinski definition) is 5. The number of anilines is 2. The van der Waals surface area contributed by atoms with Crippen molar-refractivity contribution in [1.29, 1.82) is 0 Å². The maximum absolute atomic E-state index is 14.1. The molecule has 0 radical (unpaired) electrons. The summed E-state index contributed by atoms with van der Waals surface area (Å²) in [5.41, 5.74) is 4.54. The van der Waals surface area contributed by atoms with Gasteiger partial charge in [-0.15, -0.1) is 11.8 Å². The number of thioether (sulfide) groups is 1. The van der Waals surface area contributed by atoms with Gasteiger partial charge < -0.3 is 20.4 Å². The molecule has 224 valence electrons. The molecule has 9 heteroatoms. The normalized spacial score (nSPS) is 19.1. The molecule has 0 spiro atoms. The summed E-state index contributed by atoms with van der Waals surface area (Å²) in [5, 5.41) is 8.90. The van der Waals surface area contributed by atoms with Gasteiger partial charge in [0, 0.05) is 29.4 Å². The van der Waals surface area contributed by atoms with Crippen LogP contribution in [0.25, 0.3) is 0 Å². The highest BCUT2D eigenvalue weighted by Gasteiger charge is 2.35. The Balaban J connectivity index is 1.12. The fourth-order valence-corrected chi connectivity index (χ4v) is 7.27. The Kier molecular flexibility index (Phi) is 9.36. The van der Waals surface area contributed by atoms with Crippen molar-refractivity contribution in [2.45, 2.75) is 32.2 Å². The van der Waals surface area contributed by atoms with E-state index in [4.69, 9.17) is 11.6 Å². The molecule has 0 bridgehead atoms. The van der Waals surface area contributed by atoms with Gasteiger partial charge in [0.05, 0.1) is 23.8 Å². The number of amides is 2. The van der Waals surface area contributed by atoms with Gasteiger partial charge in [0.25, 0.3) is 5.91 Å². The first-order valence-electron chi connectivity index (χ1n) is 15.0. The van der Waals surface area contributed by atoms with Crippen LogP contribution in [0.4, 0.5) is 15.8 Å². The Bertz CT molecular complexity index is 1510. The average Bonchev–Trinajstić information content (AvgIpc) is 3.14. The maximum atomic E-state index is 14.1. The van der Waals surface area contributed by atoms with Gasteiger partial charge >= 0.3 is 0 Å². The number of nitrogens with one attached hydrogen (secondary N) is 2. The number of rotatable bonds is 8. The van der Waals surface area contributed by atoms with E-state index in [2.05, 4.69) is 45.9 Å². The van der Waals surface area contributed by atoms with Gasteiger partial charge in [0.1, 0.15) is 5.82 Å². The molecule has 0 aromatic heterocycles. The lowest BCUT2D eigenvalue weighted by atomic mass is 9.90. The van der Waals surface area contributed by atoms with E-state index in [0.29, 0.717) is 40.7 Å². The molecule has 3 heterocycles. The molecule has 0 unspecified atom stereocenters. The monoisotopic (exact) mass is 618 g/mol. The number of carbonyl (C=O) groups excluding carboxylic acids is 2. The molecule has 3 aromatic carbocycles. The first-order valence-corrected chi connectivity index (χ1v) is 16.4. The highest BCUT2D eigenvalue weighted by atomic mass is 35.5. The summed E-state index contributed by atoms with van der Waals surface area (Å²) in [7, 11) is 0. The van der Waals surface area contributed by atoms with Crippen molar-refractivity contribution in [2.24, 2.45) is 11.8 Å². The highest BCUT2D eigenvalue weighted by molar-refractivity contribution is 8.02. The predicted octanol–water partition coefficient (Wildman–Crippen LogP) is 6.72. The van der Waals surface area contributed by atoms with E-state index in [1.807, 2.05) is 11.5 Å². The van der Waals surface area contributed by atoms with Crippen molar-refractivity contribution in [3.05, 3.63) is 105 Å². The van der Waals surface area contributed by atoms with Gasteiger partial charge in [0.15, 0.2) is 0 Å². The molecule has 1 atom stereocenters. The van der Waals surface area contributed by atoms with Gasteiger partial charge in [-0.2, -0.15) is 0 Å². The molecule has 3 aromatic rings. The van der Waals surface area contributed by atoms with Crippen molar-refractivity contribution in [3.63, 3.8) is 0 Å². The van der Waals surface area contributed by atoms with E-state index in [0.717, 1.165) is 56.0 Å². The molecule has 2 amide bonds. The van der Waals surface area contributed by atoms with Crippen molar-refractivity contribution in [1.82, 2.24) is 10.2 Å². The van der Waals surface area contributed by atoms with Crippen molar-refractivity contribution in [3.8, 4) is 0 Å². The topological polar surface area (TPSA) is 64.7 Å². The van der Waals surface area contributed by atoms with Gasteiger partial charge in [-0.25, -0.2) is 4.39 Å². The number of benzene rings is 3. The standard InChI is InChI=1S/C34H36ClFN4O2S/c35-29-8-7-27(36)19-26(29)21-40-32-20-25(6-9-30(32)38-31-22-43-17-12-28(31)34(40)42)33(41)37-13-16-39-14-10-24(11-15-39)18-23-4-2-1-3-5-23/h1-9,19-20,22,24,28,38H,10-18,21H2,(H,37,41)/t28-/m1/s1. The summed E-state index contributed by atoms with van der Waals surface area (Å²) < 4.78 is 14.1. The molecule has 3 aliphatic heterocycles.